The van der Waals surface area contributed by atoms with Crippen LogP contribution in [0.3, 0.4) is 0 Å². The highest BCUT2D eigenvalue weighted by molar-refractivity contribution is 6.33. The molecule has 2 aromatic heterocycles. The minimum absolute atomic E-state index is 0.0739. The molecule has 5 rings (SSSR count). The molecule has 0 radical (unpaired) electrons. The quantitative estimate of drug-likeness (QED) is 0.290. The van der Waals surface area contributed by atoms with E-state index in [2.05, 4.69) is 34.2 Å². The second-order valence-electron chi connectivity index (χ2n) is 10.6. The maximum absolute atomic E-state index is 13.7. The SMILES string of the molecule is Cc1nn(Cc2ccccc2Cl)c(Cl)c1C(=O)N1C[C@@H](C)N(Cc2cn(C[C@H](O)c3ccc(Cl)cc3)nn2)[C@@H](C)C1. The van der Waals surface area contributed by atoms with Gasteiger partial charge in [-0.15, -0.1) is 5.10 Å². The van der Waals surface area contributed by atoms with Gasteiger partial charge in [0.25, 0.3) is 5.91 Å². The minimum atomic E-state index is -0.724. The average Bonchev–Trinajstić information content (AvgIpc) is 3.49. The summed E-state index contributed by atoms with van der Waals surface area (Å²) in [6, 6.07) is 14.8. The number of hydrogen-bond donors (Lipinski definition) is 1. The van der Waals surface area contributed by atoms with Crippen molar-refractivity contribution in [2.45, 2.75) is 58.6 Å². The van der Waals surface area contributed by atoms with Crippen LogP contribution in [0.2, 0.25) is 15.2 Å². The number of hydrogen-bond acceptors (Lipinski definition) is 6. The van der Waals surface area contributed by atoms with E-state index >= 15 is 0 Å². The van der Waals surface area contributed by atoms with E-state index in [4.69, 9.17) is 34.8 Å². The number of halogens is 3. The lowest BCUT2D eigenvalue weighted by molar-refractivity contribution is 0.0263. The van der Waals surface area contributed by atoms with E-state index in [0.717, 1.165) is 16.8 Å². The molecule has 0 bridgehead atoms. The van der Waals surface area contributed by atoms with Crippen molar-refractivity contribution in [1.82, 2.24) is 34.6 Å². The summed E-state index contributed by atoms with van der Waals surface area (Å²) in [5, 5.41) is 25.2. The van der Waals surface area contributed by atoms with Crippen LogP contribution in [0.15, 0.2) is 54.7 Å². The van der Waals surface area contributed by atoms with Gasteiger partial charge in [0, 0.05) is 48.0 Å². The van der Waals surface area contributed by atoms with Crippen LogP contribution >= 0.6 is 34.8 Å². The van der Waals surface area contributed by atoms with Gasteiger partial charge in [-0.25, -0.2) is 9.36 Å². The van der Waals surface area contributed by atoms with E-state index < -0.39 is 6.10 Å². The third-order valence-electron chi connectivity index (χ3n) is 7.49. The van der Waals surface area contributed by atoms with Crippen molar-refractivity contribution in [3.05, 3.63) is 98.0 Å². The van der Waals surface area contributed by atoms with Gasteiger partial charge < -0.3 is 10.0 Å². The molecule has 1 amide bonds. The lowest BCUT2D eigenvalue weighted by atomic mass is 10.1. The molecule has 0 spiro atoms. The Morgan fingerprint density at radius 3 is 2.39 bits per heavy atom. The molecule has 1 aliphatic rings. The molecule has 3 atom stereocenters. The van der Waals surface area contributed by atoms with Crippen LogP contribution in [-0.2, 0) is 19.6 Å². The molecular formula is C29H32Cl3N7O2. The standard InChI is InChI=1S/C29H32Cl3N7O2/c1-18-12-36(29(41)27-20(3)34-39(28(27)32)14-22-6-4-5-7-25(22)31)13-19(2)38(18)16-24-15-37(35-33-24)17-26(40)21-8-10-23(30)11-9-21/h4-11,15,18-19,26,40H,12-14,16-17H2,1-3H3/t18-,19+,26-/m0/s1. The lowest BCUT2D eigenvalue weighted by Gasteiger charge is -2.44. The summed E-state index contributed by atoms with van der Waals surface area (Å²) in [6.45, 7) is 8.32. The number of aromatic nitrogens is 5. The molecule has 0 saturated carbocycles. The minimum Gasteiger partial charge on any atom is -0.386 e. The molecule has 9 nitrogen and oxygen atoms in total. The Morgan fingerprint density at radius 1 is 1.02 bits per heavy atom. The first-order valence-electron chi connectivity index (χ1n) is 13.4. The highest BCUT2D eigenvalue weighted by Gasteiger charge is 2.35. The van der Waals surface area contributed by atoms with Crippen molar-refractivity contribution in [3.8, 4) is 0 Å². The summed E-state index contributed by atoms with van der Waals surface area (Å²) < 4.78 is 3.27. The topological polar surface area (TPSA) is 92.3 Å². The molecule has 4 aromatic rings. The Kier molecular flexibility index (Phi) is 9.01. The second-order valence-corrected chi connectivity index (χ2v) is 11.8. The number of carbonyl (C=O) groups is 1. The normalized spacial score (nSPS) is 18.6. The summed E-state index contributed by atoms with van der Waals surface area (Å²) in [4.78, 5) is 17.8. The molecule has 1 N–H and O–H groups in total. The lowest BCUT2D eigenvalue weighted by Crippen LogP contribution is -2.57. The number of benzene rings is 2. The number of aryl methyl sites for hydroxylation is 1. The Balaban J connectivity index is 1.22. The fourth-order valence-corrected chi connectivity index (χ4v) is 5.97. The molecule has 1 fully saturated rings. The fraction of sp³-hybridized carbons (Fsp3) is 0.379. The Bertz CT molecular complexity index is 1510. The van der Waals surface area contributed by atoms with Crippen LogP contribution in [-0.4, -0.2) is 70.8 Å². The zero-order chi connectivity index (χ0) is 29.3. The predicted octanol–water partition coefficient (Wildman–Crippen LogP) is 5.26. The zero-order valence-corrected chi connectivity index (χ0v) is 25.4. The van der Waals surface area contributed by atoms with Crippen molar-refractivity contribution in [1.29, 1.82) is 0 Å². The Hall–Kier alpha value is -2.95. The average molecular weight is 617 g/mol. The summed E-state index contributed by atoms with van der Waals surface area (Å²) in [6.07, 6.45) is 1.13. The first-order valence-corrected chi connectivity index (χ1v) is 14.6. The number of carbonyl (C=O) groups excluding carboxylic acids is 1. The molecule has 2 aromatic carbocycles. The predicted molar refractivity (Wildman–Crippen MR) is 159 cm³/mol. The monoisotopic (exact) mass is 615 g/mol. The largest absolute Gasteiger partial charge is 0.386 e. The second kappa shape index (κ2) is 12.5. The summed E-state index contributed by atoms with van der Waals surface area (Å²) in [5.74, 6) is -0.126. The van der Waals surface area contributed by atoms with Crippen LogP contribution < -0.4 is 0 Å². The fourth-order valence-electron chi connectivity index (χ4n) is 5.34. The number of aliphatic hydroxyl groups is 1. The van der Waals surface area contributed by atoms with E-state index in [1.165, 1.54) is 0 Å². The summed E-state index contributed by atoms with van der Waals surface area (Å²) >= 11 is 19.0. The van der Waals surface area contributed by atoms with E-state index in [-0.39, 0.29) is 24.5 Å². The molecule has 1 saturated heterocycles. The van der Waals surface area contributed by atoms with Crippen LogP contribution in [0.1, 0.15) is 52.8 Å². The third-order valence-corrected chi connectivity index (χ3v) is 8.50. The highest BCUT2D eigenvalue weighted by atomic mass is 35.5. The molecule has 12 heteroatoms. The number of rotatable bonds is 8. The molecular weight excluding hydrogens is 585 g/mol. The maximum Gasteiger partial charge on any atom is 0.259 e. The van der Waals surface area contributed by atoms with Crippen molar-refractivity contribution >= 4 is 40.7 Å². The molecule has 1 aliphatic heterocycles. The zero-order valence-electron chi connectivity index (χ0n) is 23.1. The third kappa shape index (κ3) is 6.60. The smallest absolute Gasteiger partial charge is 0.259 e. The van der Waals surface area contributed by atoms with Crippen LogP contribution in [0.5, 0.6) is 0 Å². The van der Waals surface area contributed by atoms with Gasteiger partial charge in [-0.3, -0.25) is 9.69 Å². The molecule has 0 aliphatic carbocycles. The van der Waals surface area contributed by atoms with Gasteiger partial charge >= 0.3 is 0 Å². The van der Waals surface area contributed by atoms with Gasteiger partial charge in [0.15, 0.2) is 0 Å². The van der Waals surface area contributed by atoms with E-state index in [1.54, 1.807) is 40.6 Å². The van der Waals surface area contributed by atoms with Gasteiger partial charge in [0.2, 0.25) is 0 Å². The van der Waals surface area contributed by atoms with Crippen molar-refractivity contribution in [2.24, 2.45) is 0 Å². The number of amides is 1. The van der Waals surface area contributed by atoms with Gasteiger partial charge in [-0.2, -0.15) is 5.10 Å². The first-order chi connectivity index (χ1) is 19.6. The Labute approximate surface area is 254 Å². The van der Waals surface area contributed by atoms with Gasteiger partial charge in [0.1, 0.15) is 5.15 Å². The van der Waals surface area contributed by atoms with Crippen LogP contribution in [0.4, 0.5) is 0 Å². The maximum atomic E-state index is 13.7. The number of nitrogens with zero attached hydrogens (tertiary/aromatic N) is 7. The summed E-state index contributed by atoms with van der Waals surface area (Å²) in [5.41, 5.74) is 3.46. The van der Waals surface area contributed by atoms with Gasteiger partial charge in [-0.1, -0.05) is 70.3 Å². The van der Waals surface area contributed by atoms with Gasteiger partial charge in [-0.05, 0) is 50.1 Å². The number of piperazine rings is 1. The highest BCUT2D eigenvalue weighted by Crippen LogP contribution is 2.27. The molecule has 3 heterocycles. The van der Waals surface area contributed by atoms with E-state index in [0.29, 0.717) is 52.6 Å². The van der Waals surface area contributed by atoms with Crippen LogP contribution in [0, 0.1) is 6.92 Å². The summed E-state index contributed by atoms with van der Waals surface area (Å²) in [7, 11) is 0. The van der Waals surface area contributed by atoms with Gasteiger partial charge in [0.05, 0.1) is 36.1 Å². The van der Waals surface area contributed by atoms with Crippen molar-refractivity contribution in [2.75, 3.05) is 13.1 Å². The first kappa shape index (κ1) is 29.5. The Morgan fingerprint density at radius 2 is 1.71 bits per heavy atom. The molecule has 41 heavy (non-hydrogen) atoms. The number of aliphatic hydroxyl groups excluding tert-OH is 1. The van der Waals surface area contributed by atoms with Crippen molar-refractivity contribution in [3.63, 3.8) is 0 Å². The van der Waals surface area contributed by atoms with Crippen LogP contribution in [0.25, 0.3) is 0 Å². The van der Waals surface area contributed by atoms with E-state index in [9.17, 15) is 9.90 Å². The molecule has 216 valence electrons. The molecule has 0 unspecified atom stereocenters. The van der Waals surface area contributed by atoms with E-state index in [1.807, 2.05) is 35.4 Å². The van der Waals surface area contributed by atoms with Crippen molar-refractivity contribution < 1.29 is 9.90 Å².